The van der Waals surface area contributed by atoms with Gasteiger partial charge in [0, 0.05) is 24.2 Å². The first-order valence-electron chi connectivity index (χ1n) is 8.59. The molecule has 0 spiro atoms. The summed E-state index contributed by atoms with van der Waals surface area (Å²) in [5.74, 6) is -0.300. The Hall–Kier alpha value is -2.41. The van der Waals surface area contributed by atoms with Gasteiger partial charge in [0.15, 0.2) is 5.11 Å². The molecule has 0 unspecified atom stereocenters. The normalized spacial score (nSPS) is 14.2. The van der Waals surface area contributed by atoms with Gasteiger partial charge in [0.1, 0.15) is 0 Å². The largest absolute Gasteiger partial charge is 0.378 e. The van der Waals surface area contributed by atoms with E-state index in [2.05, 4.69) is 15.5 Å². The third-order valence-electron chi connectivity index (χ3n) is 4.04. The van der Waals surface area contributed by atoms with Crippen LogP contribution in [0.4, 0.5) is 11.4 Å². The molecule has 1 fully saturated rings. The average Bonchev–Trinajstić information content (AvgIpc) is 2.68. The van der Waals surface area contributed by atoms with Crippen molar-refractivity contribution in [1.29, 1.82) is 0 Å². The number of morpholine rings is 1. The molecule has 1 aliphatic rings. The number of ether oxygens (including phenoxy) is 1. The lowest BCUT2D eigenvalue weighted by Gasteiger charge is -2.30. The third-order valence-corrected chi connectivity index (χ3v) is 4.49. The van der Waals surface area contributed by atoms with Crippen molar-refractivity contribution in [2.75, 3.05) is 36.5 Å². The summed E-state index contributed by atoms with van der Waals surface area (Å²) in [4.78, 5) is 14.3. The van der Waals surface area contributed by atoms with Gasteiger partial charge in [0.2, 0.25) is 5.91 Å². The molecule has 1 saturated heterocycles. The summed E-state index contributed by atoms with van der Waals surface area (Å²) in [5.41, 5.74) is 2.77. The van der Waals surface area contributed by atoms with Crippen LogP contribution in [0, 0.1) is 0 Å². The number of carbonyl (C=O) groups excluding carboxylic acids is 1. The van der Waals surface area contributed by atoms with Gasteiger partial charge >= 0.3 is 0 Å². The van der Waals surface area contributed by atoms with Crippen molar-refractivity contribution in [3.63, 3.8) is 0 Å². The van der Waals surface area contributed by atoms with Gasteiger partial charge in [-0.3, -0.25) is 10.1 Å². The summed E-state index contributed by atoms with van der Waals surface area (Å²) in [6.07, 6.45) is 3.14. The van der Waals surface area contributed by atoms with Crippen LogP contribution in [0.15, 0.2) is 54.6 Å². The Morgan fingerprint density at radius 3 is 2.56 bits per heavy atom. The second-order valence-corrected chi connectivity index (χ2v) is 6.79. The van der Waals surface area contributed by atoms with Gasteiger partial charge in [-0.25, -0.2) is 0 Å². The zero-order valence-corrected chi connectivity index (χ0v) is 16.2. The molecule has 0 bridgehead atoms. The minimum absolute atomic E-state index is 0.251. The Balaban J connectivity index is 1.59. The number of thiocarbonyl (C=S) groups is 1. The summed E-state index contributed by atoms with van der Waals surface area (Å²) in [5, 5.41) is 6.68. The molecule has 0 aromatic heterocycles. The minimum Gasteiger partial charge on any atom is -0.378 e. The van der Waals surface area contributed by atoms with Gasteiger partial charge in [0.05, 0.1) is 24.6 Å². The maximum Gasteiger partial charge on any atom is 0.250 e. The highest BCUT2D eigenvalue weighted by atomic mass is 35.5. The van der Waals surface area contributed by atoms with Gasteiger partial charge in [-0.1, -0.05) is 35.9 Å². The lowest BCUT2D eigenvalue weighted by atomic mass is 10.2. The van der Waals surface area contributed by atoms with Crippen molar-refractivity contribution in [3.8, 4) is 0 Å². The van der Waals surface area contributed by atoms with Crippen molar-refractivity contribution in [1.82, 2.24) is 5.32 Å². The lowest BCUT2D eigenvalue weighted by Crippen LogP contribution is -2.37. The highest BCUT2D eigenvalue weighted by Gasteiger charge is 2.15. The number of anilines is 2. The molecule has 0 atom stereocenters. The predicted molar refractivity (Wildman–Crippen MR) is 114 cm³/mol. The molecule has 7 heteroatoms. The number of para-hydroxylation sites is 2. The van der Waals surface area contributed by atoms with E-state index in [1.807, 2.05) is 36.4 Å². The molecule has 2 aromatic carbocycles. The summed E-state index contributed by atoms with van der Waals surface area (Å²) in [7, 11) is 0. The maximum absolute atomic E-state index is 12.1. The fourth-order valence-corrected chi connectivity index (χ4v) is 3.05. The zero-order chi connectivity index (χ0) is 19.1. The van der Waals surface area contributed by atoms with Crippen LogP contribution >= 0.6 is 23.8 Å². The molecule has 0 aliphatic carbocycles. The Morgan fingerprint density at radius 2 is 1.81 bits per heavy atom. The van der Waals surface area contributed by atoms with E-state index in [4.69, 9.17) is 28.6 Å². The standard InChI is InChI=1S/C20H20ClN3O2S/c21-16-8-5-15(6-9-16)7-10-19(25)23-20(27)22-17-3-1-2-4-18(17)24-11-13-26-14-12-24/h1-10H,11-14H2,(H2,22,23,25,27). The average molecular weight is 402 g/mol. The van der Waals surface area contributed by atoms with E-state index in [1.54, 1.807) is 18.2 Å². The van der Waals surface area contributed by atoms with E-state index in [0.29, 0.717) is 18.2 Å². The first-order chi connectivity index (χ1) is 13.1. The van der Waals surface area contributed by atoms with Gasteiger partial charge in [-0.15, -0.1) is 0 Å². The van der Waals surface area contributed by atoms with Crippen molar-refractivity contribution < 1.29 is 9.53 Å². The van der Waals surface area contributed by atoms with E-state index >= 15 is 0 Å². The molecular weight excluding hydrogens is 382 g/mol. The van der Waals surface area contributed by atoms with E-state index in [1.165, 1.54) is 6.08 Å². The summed E-state index contributed by atoms with van der Waals surface area (Å²) < 4.78 is 5.40. The van der Waals surface area contributed by atoms with Crippen LogP contribution in [-0.2, 0) is 9.53 Å². The van der Waals surface area contributed by atoms with E-state index < -0.39 is 0 Å². The third kappa shape index (κ3) is 5.79. The molecule has 0 saturated carbocycles. The highest BCUT2D eigenvalue weighted by molar-refractivity contribution is 7.80. The molecule has 140 valence electrons. The molecule has 5 nitrogen and oxygen atoms in total. The zero-order valence-electron chi connectivity index (χ0n) is 14.7. The lowest BCUT2D eigenvalue weighted by molar-refractivity contribution is -0.115. The van der Waals surface area contributed by atoms with Gasteiger partial charge in [-0.2, -0.15) is 0 Å². The van der Waals surface area contributed by atoms with Crippen LogP contribution in [0.5, 0.6) is 0 Å². The van der Waals surface area contributed by atoms with Crippen LogP contribution in [0.1, 0.15) is 5.56 Å². The van der Waals surface area contributed by atoms with E-state index in [0.717, 1.165) is 30.0 Å². The minimum atomic E-state index is -0.300. The van der Waals surface area contributed by atoms with Crippen molar-refractivity contribution in [2.24, 2.45) is 0 Å². The van der Waals surface area contributed by atoms with Crippen LogP contribution in [0.25, 0.3) is 6.08 Å². The Labute approximate surface area is 169 Å². The number of benzene rings is 2. The van der Waals surface area contributed by atoms with Gasteiger partial charge in [-0.05, 0) is 48.1 Å². The number of hydrogen-bond donors (Lipinski definition) is 2. The fourth-order valence-electron chi connectivity index (χ4n) is 2.71. The van der Waals surface area contributed by atoms with Crippen LogP contribution in [0.2, 0.25) is 5.02 Å². The Kier molecular flexibility index (Phi) is 6.81. The maximum atomic E-state index is 12.1. The molecule has 1 aliphatic heterocycles. The molecule has 27 heavy (non-hydrogen) atoms. The smallest absolute Gasteiger partial charge is 0.250 e. The van der Waals surface area contributed by atoms with Crippen molar-refractivity contribution in [3.05, 3.63) is 65.2 Å². The second kappa shape index (κ2) is 9.50. The topological polar surface area (TPSA) is 53.6 Å². The van der Waals surface area contributed by atoms with Crippen LogP contribution < -0.4 is 15.5 Å². The van der Waals surface area contributed by atoms with Gasteiger partial charge < -0.3 is 15.0 Å². The van der Waals surface area contributed by atoms with Crippen molar-refractivity contribution in [2.45, 2.75) is 0 Å². The summed E-state index contributed by atoms with van der Waals surface area (Å²) >= 11 is 11.1. The van der Waals surface area contributed by atoms with Crippen LogP contribution in [0.3, 0.4) is 0 Å². The SMILES string of the molecule is O=C(C=Cc1ccc(Cl)cc1)NC(=S)Nc1ccccc1N1CCOCC1. The van der Waals surface area contributed by atoms with E-state index in [-0.39, 0.29) is 11.0 Å². The van der Waals surface area contributed by atoms with E-state index in [9.17, 15) is 4.79 Å². The number of nitrogens with zero attached hydrogens (tertiary/aromatic N) is 1. The number of carbonyl (C=O) groups is 1. The first kappa shape index (κ1) is 19.4. The molecule has 0 radical (unpaired) electrons. The molecule has 2 aromatic rings. The number of hydrogen-bond acceptors (Lipinski definition) is 4. The summed E-state index contributed by atoms with van der Waals surface area (Å²) in [6.45, 7) is 3.04. The number of amides is 1. The van der Waals surface area contributed by atoms with Gasteiger partial charge in [0.25, 0.3) is 0 Å². The number of halogens is 1. The predicted octanol–water partition coefficient (Wildman–Crippen LogP) is 3.70. The Morgan fingerprint density at radius 1 is 1.11 bits per heavy atom. The monoisotopic (exact) mass is 401 g/mol. The number of nitrogens with one attached hydrogen (secondary N) is 2. The van der Waals surface area contributed by atoms with Crippen molar-refractivity contribution >= 4 is 52.3 Å². The van der Waals surface area contributed by atoms with Crippen LogP contribution in [-0.4, -0.2) is 37.3 Å². The molecule has 1 amide bonds. The molecule has 3 rings (SSSR count). The Bertz CT molecular complexity index is 833. The first-order valence-corrected chi connectivity index (χ1v) is 9.38. The number of rotatable bonds is 4. The quantitative estimate of drug-likeness (QED) is 0.604. The second-order valence-electron chi connectivity index (χ2n) is 5.94. The molecular formula is C20H20ClN3O2S. The molecule has 1 heterocycles. The highest BCUT2D eigenvalue weighted by Crippen LogP contribution is 2.26. The molecule has 2 N–H and O–H groups in total. The fraction of sp³-hybridized carbons (Fsp3) is 0.200. The summed E-state index contributed by atoms with van der Waals surface area (Å²) in [6, 6.07) is 15.1.